The lowest BCUT2D eigenvalue weighted by Crippen LogP contribution is -2.47. The Bertz CT molecular complexity index is 501. The van der Waals surface area contributed by atoms with E-state index in [1.807, 2.05) is 13.0 Å². The second kappa shape index (κ2) is 7.56. The second-order valence-corrected chi connectivity index (χ2v) is 6.84. The minimum Gasteiger partial charge on any atom is -0.352 e. The summed E-state index contributed by atoms with van der Waals surface area (Å²) in [6.07, 6.45) is 4.36. The molecule has 1 aliphatic carbocycles. The highest BCUT2D eigenvalue weighted by molar-refractivity contribution is 7.13. The molecule has 1 aromatic heterocycles. The van der Waals surface area contributed by atoms with Gasteiger partial charge in [-0.3, -0.25) is 9.59 Å². The van der Waals surface area contributed by atoms with Crippen molar-refractivity contribution >= 4 is 23.2 Å². The van der Waals surface area contributed by atoms with Gasteiger partial charge in [-0.2, -0.15) is 0 Å². The third-order valence-electron chi connectivity index (χ3n) is 3.93. The highest BCUT2D eigenvalue weighted by atomic mass is 32.1. The van der Waals surface area contributed by atoms with Crippen molar-refractivity contribution in [2.75, 3.05) is 13.1 Å². The smallest absolute Gasteiger partial charge is 0.261 e. The predicted molar refractivity (Wildman–Crippen MR) is 84.3 cm³/mol. The van der Waals surface area contributed by atoms with Gasteiger partial charge in [0, 0.05) is 10.9 Å². The summed E-state index contributed by atoms with van der Waals surface area (Å²) in [5, 5.41) is 5.66. The Morgan fingerprint density at radius 1 is 1.33 bits per heavy atom. The third kappa shape index (κ3) is 4.54. The zero-order chi connectivity index (χ0) is 15.2. The first-order valence-corrected chi connectivity index (χ1v) is 8.26. The fraction of sp³-hybridized carbons (Fsp3) is 0.600. The topological polar surface area (TPSA) is 84.2 Å². The van der Waals surface area contributed by atoms with Crippen molar-refractivity contribution in [3.05, 3.63) is 21.9 Å². The summed E-state index contributed by atoms with van der Waals surface area (Å²) < 4.78 is 0. The molecule has 0 saturated heterocycles. The van der Waals surface area contributed by atoms with Gasteiger partial charge in [0.05, 0.1) is 11.4 Å². The van der Waals surface area contributed by atoms with Crippen molar-refractivity contribution in [2.45, 2.75) is 38.6 Å². The monoisotopic (exact) mass is 309 g/mol. The van der Waals surface area contributed by atoms with Crippen LogP contribution in [0.3, 0.4) is 0 Å². The highest BCUT2D eigenvalue weighted by Crippen LogP contribution is 2.23. The molecule has 21 heavy (non-hydrogen) atoms. The Hall–Kier alpha value is -1.40. The van der Waals surface area contributed by atoms with Gasteiger partial charge in [0.1, 0.15) is 0 Å². The molecule has 0 aliphatic heterocycles. The minimum atomic E-state index is -0.192. The van der Waals surface area contributed by atoms with Crippen LogP contribution in [0.2, 0.25) is 0 Å². The van der Waals surface area contributed by atoms with E-state index in [1.165, 1.54) is 17.8 Å². The largest absolute Gasteiger partial charge is 0.352 e. The van der Waals surface area contributed by atoms with Crippen LogP contribution in [0, 0.1) is 12.8 Å². The highest BCUT2D eigenvalue weighted by Gasteiger charge is 2.25. The van der Waals surface area contributed by atoms with Crippen LogP contribution in [0.15, 0.2) is 12.1 Å². The summed E-state index contributed by atoms with van der Waals surface area (Å²) in [7, 11) is 0. The molecule has 1 saturated carbocycles. The molecule has 0 bridgehead atoms. The van der Waals surface area contributed by atoms with Crippen LogP contribution in [-0.2, 0) is 4.79 Å². The molecule has 0 aromatic carbocycles. The number of aryl methyl sites for hydroxylation is 1. The Morgan fingerprint density at radius 2 is 2.10 bits per heavy atom. The Balaban J connectivity index is 1.77. The molecule has 0 radical (unpaired) electrons. The number of nitrogens with one attached hydrogen (secondary N) is 2. The van der Waals surface area contributed by atoms with Crippen LogP contribution in [-0.4, -0.2) is 30.9 Å². The first-order valence-electron chi connectivity index (χ1n) is 7.44. The first-order chi connectivity index (χ1) is 10.1. The van der Waals surface area contributed by atoms with Gasteiger partial charge in [0.15, 0.2) is 0 Å². The molecule has 116 valence electrons. The van der Waals surface area contributed by atoms with E-state index < -0.39 is 0 Å². The van der Waals surface area contributed by atoms with E-state index >= 15 is 0 Å². The standard InChI is InChI=1S/C15H23N3O2S/c1-10-6-7-13(21-10)15(20)17-9-14(19)18-12-5-3-2-4-11(12)8-16/h6-7,11-12H,2-5,8-9,16H2,1H3,(H,17,20)(H,18,19). The van der Waals surface area contributed by atoms with Crippen molar-refractivity contribution in [3.63, 3.8) is 0 Å². The number of carbonyl (C=O) groups is 2. The van der Waals surface area contributed by atoms with Crippen molar-refractivity contribution < 1.29 is 9.59 Å². The molecule has 2 atom stereocenters. The van der Waals surface area contributed by atoms with Crippen LogP contribution in [0.1, 0.15) is 40.2 Å². The first kappa shape index (κ1) is 16.0. The zero-order valence-electron chi connectivity index (χ0n) is 12.4. The van der Waals surface area contributed by atoms with E-state index in [9.17, 15) is 9.59 Å². The van der Waals surface area contributed by atoms with E-state index in [2.05, 4.69) is 10.6 Å². The van der Waals surface area contributed by atoms with Crippen molar-refractivity contribution in [1.82, 2.24) is 10.6 Å². The molecule has 1 fully saturated rings. The average Bonchev–Trinajstić information content (AvgIpc) is 2.92. The molecule has 2 rings (SSSR count). The van der Waals surface area contributed by atoms with Crippen LogP contribution >= 0.6 is 11.3 Å². The van der Waals surface area contributed by atoms with Crippen molar-refractivity contribution in [3.8, 4) is 0 Å². The van der Waals surface area contributed by atoms with Gasteiger partial charge in [-0.1, -0.05) is 12.8 Å². The number of amides is 2. The van der Waals surface area contributed by atoms with Gasteiger partial charge in [0.2, 0.25) is 5.91 Å². The van der Waals surface area contributed by atoms with Crippen LogP contribution in [0.4, 0.5) is 0 Å². The van der Waals surface area contributed by atoms with Gasteiger partial charge in [0.25, 0.3) is 5.91 Å². The maximum atomic E-state index is 12.0. The molecule has 1 aromatic rings. The van der Waals surface area contributed by atoms with Crippen LogP contribution in [0.25, 0.3) is 0 Å². The Kier molecular flexibility index (Phi) is 5.76. The van der Waals surface area contributed by atoms with Gasteiger partial charge >= 0.3 is 0 Å². The van der Waals surface area contributed by atoms with E-state index in [1.54, 1.807) is 6.07 Å². The average molecular weight is 309 g/mol. The molecule has 4 N–H and O–H groups in total. The van der Waals surface area contributed by atoms with Gasteiger partial charge in [-0.05, 0) is 44.4 Å². The molecule has 6 heteroatoms. The fourth-order valence-corrected chi connectivity index (χ4v) is 3.53. The lowest BCUT2D eigenvalue weighted by molar-refractivity contribution is -0.121. The summed E-state index contributed by atoms with van der Waals surface area (Å²) in [5.41, 5.74) is 5.75. The molecular formula is C15H23N3O2S. The van der Waals surface area contributed by atoms with Gasteiger partial charge in [-0.15, -0.1) is 11.3 Å². The van der Waals surface area contributed by atoms with Crippen LogP contribution < -0.4 is 16.4 Å². The maximum Gasteiger partial charge on any atom is 0.261 e. The summed E-state index contributed by atoms with van der Waals surface area (Å²) in [4.78, 5) is 25.5. The lowest BCUT2D eigenvalue weighted by Gasteiger charge is -2.31. The second-order valence-electron chi connectivity index (χ2n) is 5.55. The molecular weight excluding hydrogens is 286 g/mol. The lowest BCUT2D eigenvalue weighted by atomic mass is 9.84. The number of rotatable bonds is 5. The zero-order valence-corrected chi connectivity index (χ0v) is 13.2. The molecule has 0 spiro atoms. The fourth-order valence-electron chi connectivity index (χ4n) is 2.74. The van der Waals surface area contributed by atoms with Gasteiger partial charge in [-0.25, -0.2) is 0 Å². The summed E-state index contributed by atoms with van der Waals surface area (Å²) in [5.74, 6) is 0.0302. The van der Waals surface area contributed by atoms with E-state index in [0.29, 0.717) is 17.3 Å². The van der Waals surface area contributed by atoms with Crippen molar-refractivity contribution in [2.24, 2.45) is 11.7 Å². The van der Waals surface area contributed by atoms with Crippen molar-refractivity contribution in [1.29, 1.82) is 0 Å². The van der Waals surface area contributed by atoms with E-state index in [4.69, 9.17) is 5.73 Å². The molecule has 2 unspecified atom stereocenters. The normalized spacial score (nSPS) is 21.8. The van der Waals surface area contributed by atoms with Crippen LogP contribution in [0.5, 0.6) is 0 Å². The van der Waals surface area contributed by atoms with E-state index in [0.717, 1.165) is 24.1 Å². The number of nitrogens with two attached hydrogens (primary N) is 1. The minimum absolute atomic E-state index is 0.0174. The molecule has 5 nitrogen and oxygen atoms in total. The number of carbonyl (C=O) groups excluding carboxylic acids is 2. The SMILES string of the molecule is Cc1ccc(C(=O)NCC(=O)NC2CCCCC2CN)s1. The number of thiophene rings is 1. The number of hydrogen-bond donors (Lipinski definition) is 3. The predicted octanol–water partition coefficient (Wildman–Crippen LogP) is 1.42. The molecule has 1 aliphatic rings. The third-order valence-corrected chi connectivity index (χ3v) is 4.93. The Labute approximate surface area is 129 Å². The summed E-state index contributed by atoms with van der Waals surface area (Å²) >= 11 is 1.43. The summed E-state index contributed by atoms with van der Waals surface area (Å²) in [6.45, 7) is 2.57. The molecule has 1 heterocycles. The van der Waals surface area contributed by atoms with E-state index in [-0.39, 0.29) is 24.4 Å². The van der Waals surface area contributed by atoms with Gasteiger partial charge < -0.3 is 16.4 Å². The maximum absolute atomic E-state index is 12.0. The molecule has 2 amide bonds. The summed E-state index contributed by atoms with van der Waals surface area (Å²) in [6, 6.07) is 3.82. The quantitative estimate of drug-likeness (QED) is 0.769. The number of hydrogen-bond acceptors (Lipinski definition) is 4. The Morgan fingerprint density at radius 3 is 2.76 bits per heavy atom.